The summed E-state index contributed by atoms with van der Waals surface area (Å²) in [5, 5.41) is 8.77. The van der Waals surface area contributed by atoms with Gasteiger partial charge in [-0.1, -0.05) is 5.16 Å². The number of hydrogen-bond acceptors (Lipinski definition) is 4. The van der Waals surface area contributed by atoms with Crippen LogP contribution in [0.3, 0.4) is 0 Å². The number of urea groups is 1. The van der Waals surface area contributed by atoms with Gasteiger partial charge in [-0.2, -0.15) is 0 Å². The Hall–Kier alpha value is -1.37. The van der Waals surface area contributed by atoms with E-state index in [1.165, 1.54) is 0 Å². The van der Waals surface area contributed by atoms with Crippen LogP contribution in [-0.2, 0) is 10.8 Å². The molecule has 1 aromatic rings. The second kappa shape index (κ2) is 5.99. The molecule has 1 atom stereocenters. The Morgan fingerprint density at radius 3 is 2.67 bits per heavy atom. The quantitative estimate of drug-likeness (QED) is 0.873. The Bertz CT molecular complexity index is 437. The van der Waals surface area contributed by atoms with Crippen molar-refractivity contribution in [2.45, 2.75) is 32.4 Å². The van der Waals surface area contributed by atoms with E-state index in [0.29, 0.717) is 23.9 Å². The first-order chi connectivity index (χ1) is 8.29. The van der Waals surface area contributed by atoms with E-state index < -0.39 is 10.8 Å². The van der Waals surface area contributed by atoms with Crippen molar-refractivity contribution in [3.63, 3.8) is 0 Å². The SMILES string of the molecule is Cc1cc(NC(=O)NCC[S@](=O)C(C)(C)C)no1. The highest BCUT2D eigenvalue weighted by Gasteiger charge is 2.18. The summed E-state index contributed by atoms with van der Waals surface area (Å²) in [6.45, 7) is 7.80. The molecule has 0 aliphatic rings. The van der Waals surface area contributed by atoms with Crippen LogP contribution in [0.1, 0.15) is 26.5 Å². The molecule has 1 aromatic heterocycles. The zero-order valence-electron chi connectivity index (χ0n) is 11.1. The topological polar surface area (TPSA) is 84.2 Å². The summed E-state index contributed by atoms with van der Waals surface area (Å²) in [5.41, 5.74) is 0. The van der Waals surface area contributed by atoms with Crippen LogP contribution >= 0.6 is 0 Å². The Kier molecular flexibility index (Phi) is 4.89. The molecule has 18 heavy (non-hydrogen) atoms. The third-order valence-corrected chi connectivity index (χ3v) is 4.07. The number of carbonyl (C=O) groups is 1. The summed E-state index contributed by atoms with van der Waals surface area (Å²) in [5.74, 6) is 1.41. The van der Waals surface area contributed by atoms with Gasteiger partial charge in [-0.15, -0.1) is 0 Å². The molecule has 0 saturated carbocycles. The molecule has 6 nitrogen and oxygen atoms in total. The molecule has 1 heterocycles. The van der Waals surface area contributed by atoms with Gasteiger partial charge in [0, 0.05) is 33.9 Å². The number of aryl methyl sites for hydroxylation is 1. The summed E-state index contributed by atoms with van der Waals surface area (Å²) in [7, 11) is -0.973. The van der Waals surface area contributed by atoms with Gasteiger partial charge < -0.3 is 9.84 Å². The van der Waals surface area contributed by atoms with Crippen LogP contribution in [-0.4, -0.2) is 32.4 Å². The van der Waals surface area contributed by atoms with Gasteiger partial charge >= 0.3 is 6.03 Å². The number of hydrogen-bond donors (Lipinski definition) is 2. The van der Waals surface area contributed by atoms with Crippen LogP contribution in [0.4, 0.5) is 10.6 Å². The number of carbonyl (C=O) groups excluding carboxylic acids is 1. The highest BCUT2D eigenvalue weighted by molar-refractivity contribution is 7.86. The fourth-order valence-electron chi connectivity index (χ4n) is 1.15. The number of aromatic nitrogens is 1. The van der Waals surface area contributed by atoms with E-state index in [0.717, 1.165) is 0 Å². The number of rotatable bonds is 4. The maximum absolute atomic E-state index is 11.7. The van der Waals surface area contributed by atoms with Gasteiger partial charge in [0.05, 0.1) is 0 Å². The Labute approximate surface area is 109 Å². The molecule has 0 aliphatic heterocycles. The summed E-state index contributed by atoms with van der Waals surface area (Å²) < 4.78 is 16.3. The number of anilines is 1. The second-order valence-corrected chi connectivity index (χ2v) is 7.19. The maximum atomic E-state index is 11.7. The summed E-state index contributed by atoms with van der Waals surface area (Å²) >= 11 is 0. The van der Waals surface area contributed by atoms with E-state index >= 15 is 0 Å². The molecule has 0 fully saturated rings. The zero-order valence-corrected chi connectivity index (χ0v) is 11.9. The smallest absolute Gasteiger partial charge is 0.320 e. The molecule has 102 valence electrons. The molecular formula is C11H19N3O3S. The Morgan fingerprint density at radius 1 is 1.50 bits per heavy atom. The van der Waals surface area contributed by atoms with E-state index in [1.54, 1.807) is 13.0 Å². The van der Waals surface area contributed by atoms with Crippen molar-refractivity contribution in [3.8, 4) is 0 Å². The van der Waals surface area contributed by atoms with Crippen molar-refractivity contribution in [2.24, 2.45) is 0 Å². The molecule has 7 heteroatoms. The van der Waals surface area contributed by atoms with E-state index in [2.05, 4.69) is 15.8 Å². The van der Waals surface area contributed by atoms with E-state index in [1.807, 2.05) is 20.8 Å². The van der Waals surface area contributed by atoms with Crippen molar-refractivity contribution >= 4 is 22.6 Å². The lowest BCUT2D eigenvalue weighted by molar-refractivity contribution is 0.252. The van der Waals surface area contributed by atoms with Crippen molar-refractivity contribution in [3.05, 3.63) is 11.8 Å². The van der Waals surface area contributed by atoms with Gasteiger partial charge in [0.1, 0.15) is 5.76 Å². The predicted molar refractivity (Wildman–Crippen MR) is 71.0 cm³/mol. The maximum Gasteiger partial charge on any atom is 0.320 e. The van der Waals surface area contributed by atoms with Gasteiger partial charge in [0.15, 0.2) is 5.82 Å². The molecule has 0 radical (unpaired) electrons. The Balaban J connectivity index is 2.28. The molecule has 2 amide bonds. The molecule has 0 aromatic carbocycles. The lowest BCUT2D eigenvalue weighted by atomic mass is 10.3. The van der Waals surface area contributed by atoms with Gasteiger partial charge in [0.2, 0.25) is 0 Å². The number of nitrogens with zero attached hydrogens (tertiary/aromatic N) is 1. The fraction of sp³-hybridized carbons (Fsp3) is 0.636. The molecule has 0 saturated heterocycles. The van der Waals surface area contributed by atoms with Crippen molar-refractivity contribution < 1.29 is 13.5 Å². The fourth-order valence-corrected chi connectivity index (χ4v) is 2.05. The monoisotopic (exact) mass is 273 g/mol. The normalized spacial score (nSPS) is 13.1. The average Bonchev–Trinajstić information content (AvgIpc) is 2.62. The minimum Gasteiger partial charge on any atom is -0.360 e. The summed E-state index contributed by atoms with van der Waals surface area (Å²) in [6.07, 6.45) is 0. The average molecular weight is 273 g/mol. The first kappa shape index (κ1) is 14.7. The van der Waals surface area contributed by atoms with Gasteiger partial charge in [-0.25, -0.2) is 4.79 Å². The Morgan fingerprint density at radius 2 is 2.17 bits per heavy atom. The van der Waals surface area contributed by atoms with Crippen LogP contribution in [0.25, 0.3) is 0 Å². The predicted octanol–water partition coefficient (Wildman–Crippen LogP) is 1.65. The molecule has 1 rings (SSSR count). The first-order valence-corrected chi connectivity index (χ1v) is 6.97. The molecule has 0 unspecified atom stereocenters. The zero-order chi connectivity index (χ0) is 13.8. The van der Waals surface area contributed by atoms with Crippen LogP contribution < -0.4 is 10.6 Å². The van der Waals surface area contributed by atoms with Gasteiger partial charge in [-0.05, 0) is 27.7 Å². The van der Waals surface area contributed by atoms with Crippen LogP contribution in [0.15, 0.2) is 10.6 Å². The van der Waals surface area contributed by atoms with Gasteiger partial charge in [0.25, 0.3) is 0 Å². The summed E-state index contributed by atoms with van der Waals surface area (Å²) in [6, 6.07) is 1.24. The van der Waals surface area contributed by atoms with Gasteiger partial charge in [-0.3, -0.25) is 9.53 Å². The third kappa shape index (κ3) is 4.87. The highest BCUT2D eigenvalue weighted by atomic mass is 32.2. The third-order valence-electron chi connectivity index (χ3n) is 2.13. The van der Waals surface area contributed by atoms with E-state index in [9.17, 15) is 9.00 Å². The molecule has 2 N–H and O–H groups in total. The van der Waals surface area contributed by atoms with Crippen LogP contribution in [0.5, 0.6) is 0 Å². The van der Waals surface area contributed by atoms with Crippen LogP contribution in [0.2, 0.25) is 0 Å². The number of amides is 2. The summed E-state index contributed by atoms with van der Waals surface area (Å²) in [4.78, 5) is 11.5. The van der Waals surface area contributed by atoms with E-state index in [4.69, 9.17) is 4.52 Å². The molecule has 0 bridgehead atoms. The second-order valence-electron chi connectivity index (χ2n) is 4.87. The minimum atomic E-state index is -0.973. The van der Waals surface area contributed by atoms with Crippen molar-refractivity contribution in [2.75, 3.05) is 17.6 Å². The standard InChI is InChI=1S/C11H19N3O3S/c1-8-7-9(14-17-8)13-10(15)12-5-6-18(16)11(2,3)4/h7H,5-6H2,1-4H3,(H2,12,13,14,15)/t18-/m0/s1. The molecule has 0 aliphatic carbocycles. The van der Waals surface area contributed by atoms with E-state index in [-0.39, 0.29) is 10.8 Å². The first-order valence-electron chi connectivity index (χ1n) is 5.65. The highest BCUT2D eigenvalue weighted by Crippen LogP contribution is 2.10. The van der Waals surface area contributed by atoms with Crippen molar-refractivity contribution in [1.82, 2.24) is 10.5 Å². The minimum absolute atomic E-state index is 0.263. The largest absolute Gasteiger partial charge is 0.360 e. The lowest BCUT2D eigenvalue weighted by Crippen LogP contribution is -2.35. The number of nitrogens with one attached hydrogen (secondary N) is 2. The lowest BCUT2D eigenvalue weighted by Gasteiger charge is -2.17. The molecular weight excluding hydrogens is 254 g/mol. The molecule has 0 spiro atoms. The van der Waals surface area contributed by atoms with Crippen LogP contribution in [0, 0.1) is 6.92 Å². The van der Waals surface area contributed by atoms with Crippen molar-refractivity contribution in [1.29, 1.82) is 0 Å².